The summed E-state index contributed by atoms with van der Waals surface area (Å²) in [6.07, 6.45) is 2.11. The molecule has 3 heterocycles. The van der Waals surface area contributed by atoms with E-state index in [2.05, 4.69) is 5.32 Å². The van der Waals surface area contributed by atoms with Gasteiger partial charge in [-0.2, -0.15) is 0 Å². The van der Waals surface area contributed by atoms with E-state index in [-0.39, 0.29) is 12.3 Å². The van der Waals surface area contributed by atoms with Crippen molar-refractivity contribution in [1.29, 1.82) is 0 Å². The Hall–Kier alpha value is -3.51. The SMILES string of the molecule is Cc1ccc2nc(-c3ccccc3)c(NC(=O)Cc3cc(Cl)c4c(c3)OCCO4)n2c1. The molecule has 0 aliphatic carbocycles. The third-order valence-corrected chi connectivity index (χ3v) is 5.37. The number of hydrogen-bond acceptors (Lipinski definition) is 4. The summed E-state index contributed by atoms with van der Waals surface area (Å²) in [6, 6.07) is 17.3. The minimum Gasteiger partial charge on any atom is -0.486 e. The number of rotatable bonds is 4. The Morgan fingerprint density at radius 3 is 2.77 bits per heavy atom. The van der Waals surface area contributed by atoms with Crippen molar-refractivity contribution in [2.75, 3.05) is 18.5 Å². The van der Waals surface area contributed by atoms with Crippen LogP contribution >= 0.6 is 11.6 Å². The Morgan fingerprint density at radius 1 is 1.13 bits per heavy atom. The molecule has 1 N–H and O–H groups in total. The number of anilines is 1. The van der Waals surface area contributed by atoms with Crippen LogP contribution in [0.4, 0.5) is 5.82 Å². The summed E-state index contributed by atoms with van der Waals surface area (Å²) >= 11 is 6.32. The largest absolute Gasteiger partial charge is 0.486 e. The van der Waals surface area contributed by atoms with E-state index in [0.29, 0.717) is 35.6 Å². The van der Waals surface area contributed by atoms with Crippen molar-refractivity contribution < 1.29 is 14.3 Å². The first-order valence-electron chi connectivity index (χ1n) is 10.0. The van der Waals surface area contributed by atoms with Crippen LogP contribution < -0.4 is 14.8 Å². The molecule has 2 aromatic carbocycles. The van der Waals surface area contributed by atoms with Crippen molar-refractivity contribution in [3.8, 4) is 22.8 Å². The zero-order valence-corrected chi connectivity index (χ0v) is 17.6. The van der Waals surface area contributed by atoms with Crippen LogP contribution in [0.5, 0.6) is 11.5 Å². The molecule has 6 nitrogen and oxygen atoms in total. The Morgan fingerprint density at radius 2 is 1.94 bits per heavy atom. The first-order valence-corrected chi connectivity index (χ1v) is 10.4. The van der Waals surface area contributed by atoms with Crippen molar-refractivity contribution in [1.82, 2.24) is 9.38 Å². The van der Waals surface area contributed by atoms with Gasteiger partial charge in [-0.15, -0.1) is 0 Å². The molecule has 0 spiro atoms. The van der Waals surface area contributed by atoms with Crippen LogP contribution in [0, 0.1) is 6.92 Å². The number of aryl methyl sites for hydroxylation is 1. The maximum atomic E-state index is 13.0. The summed E-state index contributed by atoms with van der Waals surface area (Å²) in [5, 5.41) is 3.49. The highest BCUT2D eigenvalue weighted by molar-refractivity contribution is 6.32. The molecule has 0 atom stereocenters. The zero-order valence-electron chi connectivity index (χ0n) is 16.9. The second kappa shape index (κ2) is 7.96. The maximum Gasteiger partial charge on any atom is 0.229 e. The number of carbonyl (C=O) groups is 1. The lowest BCUT2D eigenvalue weighted by molar-refractivity contribution is -0.115. The number of nitrogens with one attached hydrogen (secondary N) is 1. The Labute approximate surface area is 184 Å². The number of benzene rings is 2. The Bertz CT molecular complexity index is 1280. The standard InChI is InChI=1S/C24H20ClN3O3/c1-15-7-8-20-26-22(17-5-3-2-4-6-17)24(28(20)14-15)27-21(29)13-16-11-18(25)23-19(12-16)30-9-10-31-23/h2-8,11-12,14H,9-10,13H2,1H3,(H,27,29). The molecule has 0 radical (unpaired) electrons. The van der Waals surface area contributed by atoms with Crippen LogP contribution in [0.3, 0.4) is 0 Å². The lowest BCUT2D eigenvalue weighted by Crippen LogP contribution is -2.18. The van der Waals surface area contributed by atoms with Gasteiger partial charge in [-0.1, -0.05) is 48.0 Å². The molecule has 0 unspecified atom stereocenters. The number of ether oxygens (including phenoxy) is 2. The van der Waals surface area contributed by atoms with E-state index in [0.717, 1.165) is 28.0 Å². The number of hydrogen-bond donors (Lipinski definition) is 1. The molecule has 0 saturated heterocycles. The van der Waals surface area contributed by atoms with E-state index in [9.17, 15) is 4.79 Å². The van der Waals surface area contributed by atoms with E-state index >= 15 is 0 Å². The molecule has 0 saturated carbocycles. The van der Waals surface area contributed by atoms with Gasteiger partial charge in [0.05, 0.1) is 11.4 Å². The fourth-order valence-corrected chi connectivity index (χ4v) is 3.98. The lowest BCUT2D eigenvalue weighted by atomic mass is 10.1. The molecule has 4 aromatic rings. The molecule has 1 aliphatic heterocycles. The summed E-state index contributed by atoms with van der Waals surface area (Å²) in [5.74, 6) is 1.56. The molecule has 156 valence electrons. The predicted molar refractivity (Wildman–Crippen MR) is 120 cm³/mol. The molecule has 1 aliphatic rings. The number of imidazole rings is 1. The van der Waals surface area contributed by atoms with E-state index in [1.54, 1.807) is 12.1 Å². The number of aromatic nitrogens is 2. The summed E-state index contributed by atoms with van der Waals surface area (Å²) in [7, 11) is 0. The summed E-state index contributed by atoms with van der Waals surface area (Å²) < 4.78 is 13.1. The Balaban J connectivity index is 1.48. The van der Waals surface area contributed by atoms with Gasteiger partial charge >= 0.3 is 0 Å². The van der Waals surface area contributed by atoms with E-state index in [4.69, 9.17) is 26.1 Å². The van der Waals surface area contributed by atoms with Crippen LogP contribution in [0.15, 0.2) is 60.8 Å². The number of fused-ring (bicyclic) bond motifs is 2. The van der Waals surface area contributed by atoms with Crippen molar-refractivity contribution in [3.05, 3.63) is 76.9 Å². The van der Waals surface area contributed by atoms with Gasteiger partial charge in [-0.25, -0.2) is 4.98 Å². The minimum absolute atomic E-state index is 0.142. The Kier molecular flexibility index (Phi) is 5.00. The van der Waals surface area contributed by atoms with Crippen molar-refractivity contribution in [2.45, 2.75) is 13.3 Å². The highest BCUT2D eigenvalue weighted by Gasteiger charge is 2.20. The maximum absolute atomic E-state index is 13.0. The van der Waals surface area contributed by atoms with E-state index in [1.807, 2.05) is 60.0 Å². The van der Waals surface area contributed by atoms with Gasteiger partial charge in [0.15, 0.2) is 11.5 Å². The van der Waals surface area contributed by atoms with Crippen LogP contribution in [-0.2, 0) is 11.2 Å². The van der Waals surface area contributed by atoms with Crippen molar-refractivity contribution in [2.24, 2.45) is 0 Å². The lowest BCUT2D eigenvalue weighted by Gasteiger charge is -2.20. The quantitative estimate of drug-likeness (QED) is 0.496. The third kappa shape index (κ3) is 3.82. The summed E-state index contributed by atoms with van der Waals surface area (Å²) in [5.41, 5.74) is 4.24. The number of nitrogens with zero attached hydrogens (tertiary/aromatic N) is 2. The van der Waals surface area contributed by atoms with Gasteiger partial charge in [0.1, 0.15) is 30.4 Å². The molecule has 31 heavy (non-hydrogen) atoms. The average Bonchev–Trinajstić information content (AvgIpc) is 3.12. The molecule has 5 rings (SSSR count). The first-order chi connectivity index (χ1) is 15.1. The van der Waals surface area contributed by atoms with Crippen molar-refractivity contribution >= 4 is 29.0 Å². The monoisotopic (exact) mass is 433 g/mol. The normalized spacial score (nSPS) is 12.7. The third-order valence-electron chi connectivity index (χ3n) is 5.09. The van der Waals surface area contributed by atoms with Crippen LogP contribution in [0.1, 0.15) is 11.1 Å². The van der Waals surface area contributed by atoms with Crippen LogP contribution in [0.2, 0.25) is 5.02 Å². The smallest absolute Gasteiger partial charge is 0.229 e. The van der Waals surface area contributed by atoms with E-state index < -0.39 is 0 Å². The van der Waals surface area contributed by atoms with Crippen LogP contribution in [-0.4, -0.2) is 28.5 Å². The number of amides is 1. The molecule has 0 fully saturated rings. The highest BCUT2D eigenvalue weighted by Crippen LogP contribution is 2.38. The van der Waals surface area contributed by atoms with Crippen LogP contribution in [0.25, 0.3) is 16.9 Å². The first kappa shape index (κ1) is 19.5. The molecule has 1 amide bonds. The average molecular weight is 434 g/mol. The zero-order chi connectivity index (χ0) is 21.4. The van der Waals surface area contributed by atoms with Gasteiger partial charge in [-0.05, 0) is 36.2 Å². The number of carbonyl (C=O) groups excluding carboxylic acids is 1. The topological polar surface area (TPSA) is 64.9 Å². The van der Waals surface area contributed by atoms with Gasteiger partial charge in [0.2, 0.25) is 5.91 Å². The van der Waals surface area contributed by atoms with E-state index in [1.165, 1.54) is 0 Å². The van der Waals surface area contributed by atoms with Gasteiger partial charge in [-0.3, -0.25) is 9.20 Å². The van der Waals surface area contributed by atoms with Gasteiger partial charge in [0.25, 0.3) is 0 Å². The summed E-state index contributed by atoms with van der Waals surface area (Å²) in [6.45, 7) is 2.92. The van der Waals surface area contributed by atoms with Crippen molar-refractivity contribution in [3.63, 3.8) is 0 Å². The molecule has 7 heteroatoms. The number of halogens is 1. The highest BCUT2D eigenvalue weighted by atomic mass is 35.5. The molecular formula is C24H20ClN3O3. The molecule has 0 bridgehead atoms. The van der Waals surface area contributed by atoms with Gasteiger partial charge in [0, 0.05) is 11.8 Å². The van der Waals surface area contributed by atoms with Gasteiger partial charge < -0.3 is 14.8 Å². The fourth-order valence-electron chi connectivity index (χ4n) is 3.70. The predicted octanol–water partition coefficient (Wildman–Crippen LogP) is 4.92. The second-order valence-corrected chi connectivity index (χ2v) is 7.84. The number of pyridine rings is 1. The fraction of sp³-hybridized carbons (Fsp3) is 0.167. The molecule has 2 aromatic heterocycles. The second-order valence-electron chi connectivity index (χ2n) is 7.44. The molecular weight excluding hydrogens is 414 g/mol. The summed E-state index contributed by atoms with van der Waals surface area (Å²) in [4.78, 5) is 17.8. The minimum atomic E-state index is -0.173.